The van der Waals surface area contributed by atoms with Gasteiger partial charge in [0.15, 0.2) is 0 Å². The maximum atomic E-state index is 8.60. The average Bonchev–Trinajstić information content (AvgIpc) is 2.41. The minimum absolute atomic E-state index is 0.00879. The van der Waals surface area contributed by atoms with Gasteiger partial charge in [-0.1, -0.05) is 11.6 Å². The Morgan fingerprint density at radius 3 is 2.78 bits per heavy atom. The van der Waals surface area contributed by atoms with E-state index in [1.807, 2.05) is 0 Å². The highest BCUT2D eigenvalue weighted by Gasteiger charge is 2.02. The molecule has 0 bridgehead atoms. The number of hydrogen-bond donors (Lipinski definition) is 1. The van der Waals surface area contributed by atoms with E-state index in [1.165, 1.54) is 12.5 Å². The molecule has 0 radical (unpaired) electrons. The zero-order valence-corrected chi connectivity index (χ0v) is 9.81. The van der Waals surface area contributed by atoms with Crippen LogP contribution in [0.5, 0.6) is 0 Å². The molecule has 0 fully saturated rings. The lowest BCUT2D eigenvalue weighted by molar-refractivity contribution is 1.22. The smallest absolute Gasteiger partial charge is 0.145 e. The predicted octanol–water partition coefficient (Wildman–Crippen LogP) is 2.63. The average molecular weight is 256 g/mol. The summed E-state index contributed by atoms with van der Waals surface area (Å²) in [6.45, 7) is 0. The molecule has 2 aromatic rings. The highest BCUT2D eigenvalue weighted by atomic mass is 35.5. The fraction of sp³-hybridized carbons (Fsp3) is 0. The molecule has 1 N–H and O–H groups in total. The van der Waals surface area contributed by atoms with Crippen LogP contribution < -0.4 is 5.32 Å². The van der Waals surface area contributed by atoms with Crippen molar-refractivity contribution in [2.24, 2.45) is 0 Å². The number of nitriles is 2. The van der Waals surface area contributed by atoms with Crippen molar-refractivity contribution in [2.45, 2.75) is 0 Å². The Bertz CT molecular complexity index is 692. The van der Waals surface area contributed by atoms with E-state index < -0.39 is 0 Å². The van der Waals surface area contributed by atoms with Crippen molar-refractivity contribution in [1.82, 2.24) is 9.97 Å². The summed E-state index contributed by atoms with van der Waals surface area (Å²) in [5, 5.41) is 21.1. The lowest BCUT2D eigenvalue weighted by Crippen LogP contribution is -1.91. The molecule has 0 unspecified atom stereocenters. The van der Waals surface area contributed by atoms with Gasteiger partial charge in [0.1, 0.15) is 29.2 Å². The van der Waals surface area contributed by atoms with Crippen LogP contribution in [0, 0.1) is 22.7 Å². The first kappa shape index (κ1) is 11.8. The Balaban J connectivity index is 2.37. The van der Waals surface area contributed by atoms with Crippen molar-refractivity contribution in [1.29, 1.82) is 10.5 Å². The molecule has 0 aliphatic heterocycles. The fourth-order valence-corrected chi connectivity index (χ4v) is 1.55. The van der Waals surface area contributed by atoms with Crippen LogP contribution in [0.4, 0.5) is 5.69 Å². The van der Waals surface area contributed by atoms with Crippen LogP contribution in [0.25, 0.3) is 10.9 Å². The molecule has 0 atom stereocenters. The largest absolute Gasteiger partial charge is 0.360 e. The van der Waals surface area contributed by atoms with Crippen LogP contribution in [-0.2, 0) is 0 Å². The third kappa shape index (κ3) is 2.37. The number of fused-ring (bicyclic) bond motifs is 1. The van der Waals surface area contributed by atoms with Crippen molar-refractivity contribution in [2.75, 3.05) is 5.32 Å². The molecule has 2 rings (SSSR count). The number of halogens is 1. The van der Waals surface area contributed by atoms with E-state index in [-0.39, 0.29) is 5.57 Å². The van der Waals surface area contributed by atoms with Gasteiger partial charge in [0.25, 0.3) is 0 Å². The number of aromatic nitrogens is 2. The molecule has 0 aliphatic carbocycles. The normalized spacial score (nSPS) is 9.28. The number of benzene rings is 1. The number of nitrogens with zero attached hydrogens (tertiary/aromatic N) is 4. The monoisotopic (exact) mass is 255 g/mol. The number of rotatable bonds is 2. The molecular formula is C12H6ClN5. The van der Waals surface area contributed by atoms with E-state index in [0.29, 0.717) is 16.2 Å². The third-order valence-electron chi connectivity index (χ3n) is 2.21. The molecule has 1 aromatic carbocycles. The lowest BCUT2D eigenvalue weighted by Gasteiger charge is -2.03. The summed E-state index contributed by atoms with van der Waals surface area (Å²) in [6, 6.07) is 8.81. The molecule has 0 saturated heterocycles. The van der Waals surface area contributed by atoms with Crippen LogP contribution in [0.15, 0.2) is 36.3 Å². The maximum absolute atomic E-state index is 8.60. The van der Waals surface area contributed by atoms with Crippen molar-refractivity contribution in [3.63, 3.8) is 0 Å². The summed E-state index contributed by atoms with van der Waals surface area (Å²) in [5.74, 6) is 0. The van der Waals surface area contributed by atoms with Gasteiger partial charge in [-0.15, -0.1) is 0 Å². The lowest BCUT2D eigenvalue weighted by atomic mass is 10.2. The van der Waals surface area contributed by atoms with E-state index in [0.717, 1.165) is 5.52 Å². The van der Waals surface area contributed by atoms with E-state index in [9.17, 15) is 0 Å². The van der Waals surface area contributed by atoms with Crippen LogP contribution >= 0.6 is 11.6 Å². The summed E-state index contributed by atoms with van der Waals surface area (Å²) in [4.78, 5) is 7.95. The molecule has 0 aliphatic rings. The summed E-state index contributed by atoms with van der Waals surface area (Å²) in [5.41, 5.74) is 1.41. The molecule has 1 aromatic heterocycles. The van der Waals surface area contributed by atoms with Crippen LogP contribution in [0.2, 0.25) is 5.15 Å². The van der Waals surface area contributed by atoms with Gasteiger partial charge in [0.05, 0.1) is 5.52 Å². The SMILES string of the molecule is N#CC(C#N)=CNc1ccc2ncnc(Cl)c2c1. The molecule has 86 valence electrons. The highest BCUT2D eigenvalue weighted by molar-refractivity contribution is 6.34. The Kier molecular flexibility index (Phi) is 3.38. The molecular weight excluding hydrogens is 250 g/mol. The second kappa shape index (κ2) is 5.13. The van der Waals surface area contributed by atoms with Gasteiger partial charge in [0, 0.05) is 17.3 Å². The molecule has 0 saturated carbocycles. The quantitative estimate of drug-likeness (QED) is 0.658. The van der Waals surface area contributed by atoms with Crippen molar-refractivity contribution in [3.05, 3.63) is 41.5 Å². The number of hydrogen-bond acceptors (Lipinski definition) is 5. The van der Waals surface area contributed by atoms with E-state index in [1.54, 1.807) is 30.3 Å². The zero-order valence-electron chi connectivity index (χ0n) is 9.05. The topological polar surface area (TPSA) is 85.4 Å². The van der Waals surface area contributed by atoms with Gasteiger partial charge < -0.3 is 5.32 Å². The highest BCUT2D eigenvalue weighted by Crippen LogP contribution is 2.22. The maximum Gasteiger partial charge on any atom is 0.145 e. The van der Waals surface area contributed by atoms with Crippen LogP contribution in [0.1, 0.15) is 0 Å². The Labute approximate surface area is 108 Å². The fourth-order valence-electron chi connectivity index (χ4n) is 1.36. The second-order valence-electron chi connectivity index (χ2n) is 3.32. The molecule has 0 amide bonds. The second-order valence-corrected chi connectivity index (χ2v) is 3.68. The minimum Gasteiger partial charge on any atom is -0.360 e. The van der Waals surface area contributed by atoms with Gasteiger partial charge in [-0.05, 0) is 18.2 Å². The Hall–Kier alpha value is -2.63. The minimum atomic E-state index is -0.00879. The predicted molar refractivity (Wildman–Crippen MR) is 67.5 cm³/mol. The van der Waals surface area contributed by atoms with E-state index in [2.05, 4.69) is 15.3 Å². The van der Waals surface area contributed by atoms with Crippen molar-refractivity contribution >= 4 is 28.2 Å². The first-order valence-corrected chi connectivity index (χ1v) is 5.29. The first-order chi connectivity index (χ1) is 8.74. The molecule has 18 heavy (non-hydrogen) atoms. The van der Waals surface area contributed by atoms with Gasteiger partial charge in [-0.25, -0.2) is 9.97 Å². The van der Waals surface area contributed by atoms with E-state index in [4.69, 9.17) is 22.1 Å². The standard InChI is InChI=1S/C12H6ClN5/c13-12-10-3-9(16-6-8(4-14)5-15)1-2-11(10)17-7-18-12/h1-3,6-7,16H. The van der Waals surface area contributed by atoms with Crippen molar-refractivity contribution < 1.29 is 0 Å². The summed E-state index contributed by atoms with van der Waals surface area (Å²) >= 11 is 5.95. The van der Waals surface area contributed by atoms with Gasteiger partial charge in [-0.3, -0.25) is 0 Å². The van der Waals surface area contributed by atoms with Gasteiger partial charge in [0.2, 0.25) is 0 Å². The summed E-state index contributed by atoms with van der Waals surface area (Å²) in [7, 11) is 0. The molecule has 0 spiro atoms. The Morgan fingerprint density at radius 2 is 2.06 bits per heavy atom. The molecule has 6 heteroatoms. The first-order valence-electron chi connectivity index (χ1n) is 4.92. The van der Waals surface area contributed by atoms with Gasteiger partial charge >= 0.3 is 0 Å². The summed E-state index contributed by atoms with van der Waals surface area (Å²) < 4.78 is 0. The zero-order chi connectivity index (χ0) is 13.0. The third-order valence-corrected chi connectivity index (χ3v) is 2.51. The van der Waals surface area contributed by atoms with Gasteiger partial charge in [-0.2, -0.15) is 10.5 Å². The number of nitrogens with one attached hydrogen (secondary N) is 1. The number of anilines is 1. The Morgan fingerprint density at radius 1 is 1.28 bits per heavy atom. The molecule has 1 heterocycles. The number of allylic oxidation sites excluding steroid dienone is 1. The van der Waals surface area contributed by atoms with E-state index >= 15 is 0 Å². The van der Waals surface area contributed by atoms with Crippen LogP contribution in [-0.4, -0.2) is 9.97 Å². The molecule has 5 nitrogen and oxygen atoms in total. The van der Waals surface area contributed by atoms with Crippen molar-refractivity contribution in [3.8, 4) is 12.1 Å². The summed E-state index contributed by atoms with van der Waals surface area (Å²) in [6.07, 6.45) is 2.72. The van der Waals surface area contributed by atoms with Crippen LogP contribution in [0.3, 0.4) is 0 Å².